The summed E-state index contributed by atoms with van der Waals surface area (Å²) in [7, 11) is 2.13. The van der Waals surface area contributed by atoms with Crippen LogP contribution in [-0.4, -0.2) is 52.4 Å². The van der Waals surface area contributed by atoms with Crippen molar-refractivity contribution >= 4 is 40.9 Å². The number of thiocarbonyl (C=S) groups is 1. The molecule has 0 aromatic heterocycles. The molecule has 5 nitrogen and oxygen atoms in total. The van der Waals surface area contributed by atoms with Gasteiger partial charge in [0.15, 0.2) is 5.11 Å². The zero-order chi connectivity index (χ0) is 21.7. The number of carbonyl (C=O) groups excluding carboxylic acids is 2. The van der Waals surface area contributed by atoms with E-state index in [9.17, 15) is 9.59 Å². The van der Waals surface area contributed by atoms with Gasteiger partial charge < -0.3 is 4.90 Å². The first-order chi connectivity index (χ1) is 13.5. The number of carbonyl (C=O) groups is 2. The molecule has 0 unspecified atom stereocenters. The van der Waals surface area contributed by atoms with Gasteiger partial charge in [0.2, 0.25) is 0 Å². The van der Waals surface area contributed by atoms with Crippen LogP contribution in [0.3, 0.4) is 0 Å². The smallest absolute Gasteiger partial charge is 0.265 e. The summed E-state index contributed by atoms with van der Waals surface area (Å²) in [6.07, 6.45) is 2.80. The summed E-state index contributed by atoms with van der Waals surface area (Å²) in [5, 5.41) is 0.293. The van der Waals surface area contributed by atoms with Gasteiger partial charge in [0, 0.05) is 31.4 Å². The lowest BCUT2D eigenvalue weighted by Crippen LogP contribution is -2.55. The van der Waals surface area contributed by atoms with Crippen molar-refractivity contribution in [2.75, 3.05) is 25.0 Å². The first-order valence-electron chi connectivity index (χ1n) is 10.3. The Bertz CT molecular complexity index is 891. The summed E-state index contributed by atoms with van der Waals surface area (Å²) >= 11 is 5.35. The highest BCUT2D eigenvalue weighted by atomic mass is 32.1. The molecule has 1 aromatic rings. The lowest BCUT2D eigenvalue weighted by atomic mass is 9.79. The van der Waals surface area contributed by atoms with Crippen LogP contribution in [-0.2, 0) is 9.59 Å². The Kier molecular flexibility index (Phi) is 5.60. The van der Waals surface area contributed by atoms with Crippen LogP contribution in [0.15, 0.2) is 17.7 Å². The number of amides is 2. The van der Waals surface area contributed by atoms with Gasteiger partial charge in [0.1, 0.15) is 5.57 Å². The van der Waals surface area contributed by atoms with E-state index >= 15 is 0 Å². The van der Waals surface area contributed by atoms with E-state index < -0.39 is 0 Å². The highest BCUT2D eigenvalue weighted by Gasteiger charge is 2.38. The molecule has 6 heteroatoms. The number of benzene rings is 1. The molecule has 0 aliphatic carbocycles. The topological polar surface area (TPSA) is 43.9 Å². The van der Waals surface area contributed by atoms with Crippen molar-refractivity contribution < 1.29 is 9.59 Å². The van der Waals surface area contributed by atoms with Crippen LogP contribution in [0.2, 0.25) is 0 Å². The molecule has 0 bridgehead atoms. The molecular formula is C23H31N3O2S. The summed E-state index contributed by atoms with van der Waals surface area (Å²) < 4.78 is 0. The van der Waals surface area contributed by atoms with Gasteiger partial charge in [0.25, 0.3) is 11.8 Å². The van der Waals surface area contributed by atoms with Gasteiger partial charge in [-0.3, -0.25) is 19.4 Å². The summed E-state index contributed by atoms with van der Waals surface area (Å²) in [4.78, 5) is 31.2. The summed E-state index contributed by atoms with van der Waals surface area (Å²) in [5.41, 5.74) is 4.72. The minimum atomic E-state index is -0.310. The average molecular weight is 414 g/mol. The van der Waals surface area contributed by atoms with Gasteiger partial charge in [0.05, 0.1) is 0 Å². The molecule has 2 aliphatic heterocycles. The normalized spacial score (nSPS) is 21.6. The van der Waals surface area contributed by atoms with E-state index in [1.54, 1.807) is 6.08 Å². The number of hydrogen-bond donors (Lipinski definition) is 0. The fourth-order valence-electron chi connectivity index (χ4n) is 4.43. The van der Waals surface area contributed by atoms with E-state index in [-0.39, 0.29) is 22.9 Å². The highest BCUT2D eigenvalue weighted by molar-refractivity contribution is 7.80. The molecule has 1 saturated heterocycles. The van der Waals surface area contributed by atoms with Gasteiger partial charge in [-0.15, -0.1) is 0 Å². The average Bonchev–Trinajstić information content (AvgIpc) is 2.64. The SMILES string of the molecule is CCN1C(=O)C(=Cc2cc3c(cc2C)N(C)C(C)(C)C[C@H]3C)C(=O)N(CC)C1=S. The molecule has 0 radical (unpaired) electrons. The van der Waals surface area contributed by atoms with Crippen molar-refractivity contribution in [3.8, 4) is 0 Å². The first-order valence-corrected chi connectivity index (χ1v) is 10.7. The third-order valence-electron chi connectivity index (χ3n) is 6.37. The van der Waals surface area contributed by atoms with Crippen molar-refractivity contribution in [3.63, 3.8) is 0 Å². The quantitative estimate of drug-likeness (QED) is 0.425. The molecule has 3 rings (SSSR count). The standard InChI is InChI=1S/C23H31N3O2S/c1-8-25-20(27)18(21(28)26(9-2)22(25)29)12-16-11-17-15(4)13-23(5,6)24(7)19(17)10-14(16)3/h10-12,15H,8-9,13H2,1-7H3/t15-/m1/s1. The molecule has 0 saturated carbocycles. The highest BCUT2D eigenvalue weighted by Crippen LogP contribution is 2.43. The van der Waals surface area contributed by atoms with Crippen molar-refractivity contribution in [3.05, 3.63) is 34.4 Å². The zero-order valence-corrected chi connectivity index (χ0v) is 19.3. The van der Waals surface area contributed by atoms with Gasteiger partial charge in [-0.25, -0.2) is 0 Å². The number of nitrogens with zero attached hydrogens (tertiary/aromatic N) is 3. The Morgan fingerprint density at radius 2 is 1.69 bits per heavy atom. The number of likely N-dealkylation sites (N-methyl/N-ethyl adjacent to an activating group) is 2. The van der Waals surface area contributed by atoms with E-state index in [4.69, 9.17) is 12.2 Å². The second-order valence-electron chi connectivity index (χ2n) is 8.68. The third-order valence-corrected chi connectivity index (χ3v) is 6.81. The molecule has 156 valence electrons. The summed E-state index contributed by atoms with van der Waals surface area (Å²) in [6, 6.07) is 4.32. The number of aryl methyl sites for hydroxylation is 1. The Labute approximate surface area is 179 Å². The Balaban J connectivity index is 2.11. The van der Waals surface area contributed by atoms with E-state index in [2.05, 4.69) is 44.9 Å². The van der Waals surface area contributed by atoms with Crippen molar-refractivity contribution in [1.29, 1.82) is 0 Å². The minimum Gasteiger partial charge on any atom is -0.369 e. The summed E-state index contributed by atoms with van der Waals surface area (Å²) in [6.45, 7) is 13.4. The largest absolute Gasteiger partial charge is 0.369 e. The zero-order valence-electron chi connectivity index (χ0n) is 18.5. The maximum absolute atomic E-state index is 13.0. The molecule has 2 heterocycles. The van der Waals surface area contributed by atoms with E-state index in [1.807, 2.05) is 20.8 Å². The van der Waals surface area contributed by atoms with Gasteiger partial charge in [-0.2, -0.15) is 0 Å². The van der Waals surface area contributed by atoms with Crippen LogP contribution in [0.4, 0.5) is 5.69 Å². The molecule has 1 aromatic carbocycles. The minimum absolute atomic E-state index is 0.0904. The Morgan fingerprint density at radius 1 is 1.14 bits per heavy atom. The number of anilines is 1. The predicted molar refractivity (Wildman–Crippen MR) is 122 cm³/mol. The van der Waals surface area contributed by atoms with E-state index in [0.717, 1.165) is 17.5 Å². The fourth-order valence-corrected chi connectivity index (χ4v) is 4.85. The molecule has 2 aliphatic rings. The second kappa shape index (κ2) is 7.56. The van der Waals surface area contributed by atoms with Gasteiger partial charge in [-0.05, 0) is 94.1 Å². The van der Waals surface area contributed by atoms with E-state index in [0.29, 0.717) is 24.1 Å². The van der Waals surface area contributed by atoms with Crippen molar-refractivity contribution in [2.24, 2.45) is 0 Å². The number of fused-ring (bicyclic) bond motifs is 1. The molecule has 2 amide bonds. The Hall–Kier alpha value is -2.21. The maximum atomic E-state index is 13.0. The molecular weight excluding hydrogens is 382 g/mol. The molecule has 1 fully saturated rings. The van der Waals surface area contributed by atoms with Crippen molar-refractivity contribution in [1.82, 2.24) is 9.80 Å². The van der Waals surface area contributed by atoms with Crippen LogP contribution >= 0.6 is 12.2 Å². The number of hydrogen-bond acceptors (Lipinski definition) is 4. The van der Waals surface area contributed by atoms with Crippen LogP contribution < -0.4 is 4.90 Å². The van der Waals surface area contributed by atoms with Crippen LogP contribution in [0, 0.1) is 6.92 Å². The second-order valence-corrected chi connectivity index (χ2v) is 9.05. The van der Waals surface area contributed by atoms with Gasteiger partial charge in [-0.1, -0.05) is 6.92 Å². The van der Waals surface area contributed by atoms with E-state index in [1.165, 1.54) is 21.1 Å². The fraction of sp³-hybridized carbons (Fsp3) is 0.522. The third kappa shape index (κ3) is 3.48. The van der Waals surface area contributed by atoms with Crippen LogP contribution in [0.1, 0.15) is 63.6 Å². The Morgan fingerprint density at radius 3 is 2.21 bits per heavy atom. The molecule has 29 heavy (non-hydrogen) atoms. The lowest BCUT2D eigenvalue weighted by molar-refractivity contribution is -0.133. The van der Waals surface area contributed by atoms with Crippen LogP contribution in [0.25, 0.3) is 6.08 Å². The van der Waals surface area contributed by atoms with Gasteiger partial charge >= 0.3 is 0 Å². The van der Waals surface area contributed by atoms with Crippen molar-refractivity contribution in [2.45, 2.75) is 59.4 Å². The molecule has 0 N–H and O–H groups in total. The number of rotatable bonds is 3. The predicted octanol–water partition coefficient (Wildman–Crippen LogP) is 4.10. The lowest BCUT2D eigenvalue weighted by Gasteiger charge is -2.45. The maximum Gasteiger partial charge on any atom is 0.265 e. The molecule has 0 spiro atoms. The molecule has 1 atom stereocenters. The summed E-state index contributed by atoms with van der Waals surface area (Å²) in [5.74, 6) is -0.218. The first kappa shape index (κ1) is 21.5. The monoisotopic (exact) mass is 413 g/mol. The van der Waals surface area contributed by atoms with Crippen LogP contribution in [0.5, 0.6) is 0 Å².